The molecule has 0 saturated carbocycles. The molecule has 0 spiro atoms. The van der Waals surface area contributed by atoms with Gasteiger partial charge in [0.1, 0.15) is 11.2 Å². The molecule has 6 heterocycles. The number of amides is 1. The molecule has 6 aromatic rings. The number of hydrogen-bond acceptors (Lipinski definition) is 7. The zero-order chi connectivity index (χ0) is 24.5. The van der Waals surface area contributed by atoms with E-state index in [9.17, 15) is 4.79 Å². The van der Waals surface area contributed by atoms with Crippen LogP contribution in [0.4, 0.5) is 5.69 Å². The molecule has 3 N–H and O–H groups in total. The van der Waals surface area contributed by atoms with Crippen molar-refractivity contribution < 1.29 is 4.79 Å². The zero-order valence-electron chi connectivity index (χ0n) is 19.4. The lowest BCUT2D eigenvalue weighted by Crippen LogP contribution is -2.10. The molecule has 0 unspecified atom stereocenters. The van der Waals surface area contributed by atoms with Gasteiger partial charge in [-0.1, -0.05) is 13.0 Å². The minimum absolute atomic E-state index is 0.0356. The third-order valence-corrected chi connectivity index (χ3v) is 5.81. The topological polar surface area (TPSA) is 138 Å². The van der Waals surface area contributed by atoms with E-state index in [-0.39, 0.29) is 5.91 Å². The molecule has 1 amide bonds. The summed E-state index contributed by atoms with van der Waals surface area (Å²) in [5.41, 5.74) is 6.77. The number of nitrogens with one attached hydrogen (secondary N) is 3. The number of pyridine rings is 4. The maximum absolute atomic E-state index is 12.0. The summed E-state index contributed by atoms with van der Waals surface area (Å²) in [5.74, 6) is 0.561. The summed E-state index contributed by atoms with van der Waals surface area (Å²) >= 11 is 0. The van der Waals surface area contributed by atoms with Crippen LogP contribution in [0.3, 0.4) is 0 Å². The summed E-state index contributed by atoms with van der Waals surface area (Å²) in [6, 6.07) is 9.61. The Hall–Kier alpha value is -4.99. The molecule has 0 saturated heterocycles. The van der Waals surface area contributed by atoms with Crippen LogP contribution in [0.2, 0.25) is 0 Å². The molecule has 0 aliphatic rings. The van der Waals surface area contributed by atoms with Gasteiger partial charge in [-0.25, -0.2) is 9.97 Å². The fourth-order valence-corrected chi connectivity index (χ4v) is 4.11. The Kier molecular flexibility index (Phi) is 5.38. The lowest BCUT2D eigenvalue weighted by molar-refractivity contribution is -0.116. The highest BCUT2D eigenvalue weighted by molar-refractivity contribution is 5.96. The number of carbonyl (C=O) groups excluding carboxylic acids is 1. The minimum Gasteiger partial charge on any atom is -0.335 e. The van der Waals surface area contributed by atoms with Crippen LogP contribution in [-0.2, 0) is 4.79 Å². The molecule has 0 radical (unpaired) electrons. The van der Waals surface area contributed by atoms with Gasteiger partial charge in [0.2, 0.25) is 5.91 Å². The summed E-state index contributed by atoms with van der Waals surface area (Å²) in [4.78, 5) is 37.8. The van der Waals surface area contributed by atoms with Crippen LogP contribution < -0.4 is 5.32 Å². The molecule has 10 heteroatoms. The van der Waals surface area contributed by atoms with Gasteiger partial charge in [-0.3, -0.25) is 24.8 Å². The van der Waals surface area contributed by atoms with E-state index in [1.54, 1.807) is 37.2 Å². The number of rotatable bonds is 6. The van der Waals surface area contributed by atoms with Crippen LogP contribution in [0.1, 0.15) is 19.8 Å². The predicted octanol–water partition coefficient (Wildman–Crippen LogP) is 4.76. The van der Waals surface area contributed by atoms with Gasteiger partial charge in [0.15, 0.2) is 11.5 Å². The second kappa shape index (κ2) is 8.99. The highest BCUT2D eigenvalue weighted by Crippen LogP contribution is 2.31. The molecule has 0 aliphatic carbocycles. The van der Waals surface area contributed by atoms with Crippen LogP contribution >= 0.6 is 0 Å². The first kappa shape index (κ1) is 21.5. The number of aromatic nitrogens is 8. The summed E-state index contributed by atoms with van der Waals surface area (Å²) in [6.45, 7) is 1.97. The van der Waals surface area contributed by atoms with Crippen molar-refractivity contribution in [2.75, 3.05) is 5.32 Å². The quantitative estimate of drug-likeness (QED) is 0.316. The van der Waals surface area contributed by atoms with Gasteiger partial charge >= 0.3 is 0 Å². The van der Waals surface area contributed by atoms with Gasteiger partial charge in [-0.05, 0) is 30.7 Å². The molecule has 0 aliphatic heterocycles. The van der Waals surface area contributed by atoms with E-state index in [1.165, 1.54) is 0 Å². The van der Waals surface area contributed by atoms with Crippen molar-refractivity contribution in [3.05, 3.63) is 67.5 Å². The zero-order valence-corrected chi connectivity index (χ0v) is 19.4. The molecule has 6 aromatic heterocycles. The Morgan fingerprint density at radius 3 is 2.75 bits per heavy atom. The average molecular weight is 476 g/mol. The summed E-state index contributed by atoms with van der Waals surface area (Å²) in [6.07, 6.45) is 11.6. The van der Waals surface area contributed by atoms with E-state index in [4.69, 9.17) is 4.98 Å². The Morgan fingerprint density at radius 2 is 1.89 bits per heavy atom. The fourth-order valence-electron chi connectivity index (χ4n) is 4.11. The van der Waals surface area contributed by atoms with Gasteiger partial charge in [0.25, 0.3) is 0 Å². The lowest BCUT2D eigenvalue weighted by atomic mass is 10.1. The Balaban J connectivity index is 1.40. The Morgan fingerprint density at radius 1 is 1.00 bits per heavy atom. The molecule has 0 bridgehead atoms. The van der Waals surface area contributed by atoms with Crippen molar-refractivity contribution >= 4 is 33.7 Å². The van der Waals surface area contributed by atoms with E-state index in [0.717, 1.165) is 45.2 Å². The van der Waals surface area contributed by atoms with E-state index in [0.29, 0.717) is 29.3 Å². The number of H-pyrrole nitrogens is 2. The van der Waals surface area contributed by atoms with Gasteiger partial charge in [0, 0.05) is 47.9 Å². The van der Waals surface area contributed by atoms with Crippen molar-refractivity contribution in [2.45, 2.75) is 19.8 Å². The number of aromatic amines is 2. The van der Waals surface area contributed by atoms with Crippen LogP contribution in [0.5, 0.6) is 0 Å². The maximum Gasteiger partial charge on any atom is 0.224 e. The van der Waals surface area contributed by atoms with Crippen molar-refractivity contribution in [1.82, 2.24) is 40.1 Å². The summed E-state index contributed by atoms with van der Waals surface area (Å²) < 4.78 is 0. The molecule has 10 nitrogen and oxygen atoms in total. The van der Waals surface area contributed by atoms with E-state index >= 15 is 0 Å². The molecule has 0 fully saturated rings. The fraction of sp³-hybridized carbons (Fsp3) is 0.115. The Bertz CT molecular complexity index is 1710. The molecule has 6 rings (SSSR count). The third kappa shape index (κ3) is 3.94. The largest absolute Gasteiger partial charge is 0.335 e. The molecule has 0 atom stereocenters. The smallest absolute Gasteiger partial charge is 0.224 e. The lowest BCUT2D eigenvalue weighted by Gasteiger charge is -2.07. The SMILES string of the molecule is CCCC(=O)Nc1cncc(-c2cnc3[nH]nc(-c4nc5c(-c6ccccn6)cncc5[nH]4)c3c2)c1. The summed E-state index contributed by atoms with van der Waals surface area (Å²) in [7, 11) is 0. The van der Waals surface area contributed by atoms with E-state index in [2.05, 4.69) is 40.4 Å². The number of carbonyl (C=O) groups is 1. The van der Waals surface area contributed by atoms with Crippen molar-refractivity contribution in [3.63, 3.8) is 0 Å². The van der Waals surface area contributed by atoms with Crippen LogP contribution in [-0.4, -0.2) is 46.0 Å². The maximum atomic E-state index is 12.0. The van der Waals surface area contributed by atoms with Gasteiger partial charge < -0.3 is 10.3 Å². The van der Waals surface area contributed by atoms with Crippen molar-refractivity contribution in [2.24, 2.45) is 0 Å². The summed E-state index contributed by atoms with van der Waals surface area (Å²) in [5, 5.41) is 11.2. The molecule has 0 aromatic carbocycles. The predicted molar refractivity (Wildman–Crippen MR) is 137 cm³/mol. The number of hydrogen-bond donors (Lipinski definition) is 3. The first-order valence-electron chi connectivity index (χ1n) is 11.5. The second-order valence-electron chi connectivity index (χ2n) is 8.34. The number of nitrogens with zero attached hydrogens (tertiary/aromatic N) is 6. The first-order chi connectivity index (χ1) is 17.7. The highest BCUT2D eigenvalue weighted by atomic mass is 16.1. The van der Waals surface area contributed by atoms with Gasteiger partial charge in [0.05, 0.1) is 34.7 Å². The van der Waals surface area contributed by atoms with Crippen LogP contribution in [0.25, 0.3) is 56.0 Å². The normalized spacial score (nSPS) is 11.2. The van der Waals surface area contributed by atoms with Gasteiger partial charge in [-0.2, -0.15) is 5.10 Å². The average Bonchev–Trinajstić information content (AvgIpc) is 3.53. The second-order valence-corrected chi connectivity index (χ2v) is 8.34. The minimum atomic E-state index is -0.0356. The van der Waals surface area contributed by atoms with Crippen LogP contribution in [0.15, 0.2) is 67.5 Å². The van der Waals surface area contributed by atoms with Gasteiger partial charge in [-0.15, -0.1) is 0 Å². The van der Waals surface area contributed by atoms with Crippen molar-refractivity contribution in [3.8, 4) is 33.9 Å². The Labute approximate surface area is 205 Å². The van der Waals surface area contributed by atoms with Crippen molar-refractivity contribution in [1.29, 1.82) is 0 Å². The molecular weight excluding hydrogens is 454 g/mol. The highest BCUT2D eigenvalue weighted by Gasteiger charge is 2.17. The van der Waals surface area contributed by atoms with Crippen LogP contribution in [0, 0.1) is 0 Å². The third-order valence-electron chi connectivity index (χ3n) is 5.81. The molecule has 176 valence electrons. The molecular formula is C26H21N9O. The van der Waals surface area contributed by atoms with E-state index in [1.807, 2.05) is 37.3 Å². The number of fused-ring (bicyclic) bond motifs is 2. The molecule has 36 heavy (non-hydrogen) atoms. The standard InChI is InChI=1S/C26H21N9O/c1-2-5-22(36)31-17-8-15(10-27-12-17)16-9-18-24(34-35-25(18)30-11-16)26-32-21-14-28-13-19(23(21)33-26)20-6-3-4-7-29-20/h3-4,6-14H,2,5H2,1H3,(H,31,36)(H,32,33)(H,30,34,35). The van der Waals surface area contributed by atoms with E-state index < -0.39 is 0 Å². The number of imidazole rings is 1. The first-order valence-corrected chi connectivity index (χ1v) is 11.5. The monoisotopic (exact) mass is 475 g/mol. The number of anilines is 1.